The van der Waals surface area contributed by atoms with E-state index in [-0.39, 0.29) is 11.7 Å². The summed E-state index contributed by atoms with van der Waals surface area (Å²) in [7, 11) is 0. The Balaban J connectivity index is 1.72. The molecular formula is C18H17BrF2N2O. The molecule has 6 heteroatoms. The van der Waals surface area contributed by atoms with E-state index in [0.717, 1.165) is 18.7 Å². The maximum atomic E-state index is 13.4. The van der Waals surface area contributed by atoms with Gasteiger partial charge in [-0.3, -0.25) is 4.79 Å². The Labute approximate surface area is 148 Å². The summed E-state index contributed by atoms with van der Waals surface area (Å²) in [6.07, 6.45) is 0.802. The van der Waals surface area contributed by atoms with E-state index in [0.29, 0.717) is 29.7 Å². The molecule has 0 N–H and O–H groups in total. The first-order chi connectivity index (χ1) is 11.5. The van der Waals surface area contributed by atoms with Crippen LogP contribution < -0.4 is 4.90 Å². The van der Waals surface area contributed by atoms with Gasteiger partial charge in [0.15, 0.2) is 0 Å². The molecule has 1 saturated heterocycles. The van der Waals surface area contributed by atoms with Gasteiger partial charge in [-0.2, -0.15) is 0 Å². The standard InChI is InChI=1S/C18H17BrF2N2O/c19-17-7-4-14(21)12-16(17)18(24)23-9-1-8-22(10-11-23)15-5-2-13(20)3-6-15/h2-7,12H,1,8-11H2. The average Bonchev–Trinajstić information content (AvgIpc) is 2.83. The first-order valence-electron chi connectivity index (χ1n) is 7.79. The second-order valence-electron chi connectivity index (χ2n) is 5.73. The number of benzene rings is 2. The number of amides is 1. The van der Waals surface area contributed by atoms with Gasteiger partial charge < -0.3 is 9.80 Å². The molecule has 1 aliphatic rings. The first-order valence-corrected chi connectivity index (χ1v) is 8.59. The number of rotatable bonds is 2. The van der Waals surface area contributed by atoms with Crippen molar-refractivity contribution in [1.82, 2.24) is 4.90 Å². The zero-order valence-electron chi connectivity index (χ0n) is 13.0. The van der Waals surface area contributed by atoms with Gasteiger partial charge in [-0.05, 0) is 64.8 Å². The molecular weight excluding hydrogens is 378 g/mol. The Kier molecular flexibility index (Phi) is 5.14. The lowest BCUT2D eigenvalue weighted by Crippen LogP contribution is -2.35. The van der Waals surface area contributed by atoms with Gasteiger partial charge in [-0.15, -0.1) is 0 Å². The summed E-state index contributed by atoms with van der Waals surface area (Å²) in [6.45, 7) is 2.60. The van der Waals surface area contributed by atoms with Gasteiger partial charge >= 0.3 is 0 Å². The number of anilines is 1. The molecule has 0 unspecified atom stereocenters. The second-order valence-corrected chi connectivity index (χ2v) is 6.59. The van der Waals surface area contributed by atoms with Crippen molar-refractivity contribution in [3.63, 3.8) is 0 Å². The average molecular weight is 395 g/mol. The Morgan fingerprint density at radius 2 is 1.62 bits per heavy atom. The largest absolute Gasteiger partial charge is 0.370 e. The zero-order chi connectivity index (χ0) is 17.1. The third kappa shape index (κ3) is 3.75. The lowest BCUT2D eigenvalue weighted by Gasteiger charge is -2.24. The van der Waals surface area contributed by atoms with Crippen LogP contribution in [0.25, 0.3) is 0 Å². The summed E-state index contributed by atoms with van der Waals surface area (Å²) in [5.74, 6) is -0.868. The third-order valence-electron chi connectivity index (χ3n) is 4.13. The second kappa shape index (κ2) is 7.30. The molecule has 0 aliphatic carbocycles. The van der Waals surface area contributed by atoms with Crippen molar-refractivity contribution in [2.24, 2.45) is 0 Å². The Bertz CT molecular complexity index is 736. The van der Waals surface area contributed by atoms with Crippen LogP contribution in [0.3, 0.4) is 0 Å². The minimum atomic E-state index is -0.427. The molecule has 2 aromatic rings. The van der Waals surface area contributed by atoms with E-state index in [2.05, 4.69) is 20.8 Å². The normalized spacial score (nSPS) is 15.3. The van der Waals surface area contributed by atoms with Gasteiger partial charge in [0, 0.05) is 36.3 Å². The Hall–Kier alpha value is -1.95. The van der Waals surface area contributed by atoms with E-state index in [9.17, 15) is 13.6 Å². The minimum absolute atomic E-state index is 0.178. The number of carbonyl (C=O) groups is 1. The number of nitrogens with zero attached hydrogens (tertiary/aromatic N) is 2. The summed E-state index contributed by atoms with van der Waals surface area (Å²) < 4.78 is 27.1. The number of halogens is 3. The molecule has 0 saturated carbocycles. The van der Waals surface area contributed by atoms with Gasteiger partial charge in [0.05, 0.1) is 5.56 Å². The quantitative estimate of drug-likeness (QED) is 0.765. The highest BCUT2D eigenvalue weighted by Gasteiger charge is 2.22. The van der Waals surface area contributed by atoms with Crippen LogP contribution in [0, 0.1) is 11.6 Å². The predicted octanol–water partition coefficient (Wildman–Crippen LogP) is 4.08. The van der Waals surface area contributed by atoms with E-state index in [4.69, 9.17) is 0 Å². The molecule has 1 amide bonds. The fourth-order valence-corrected chi connectivity index (χ4v) is 3.28. The molecule has 1 fully saturated rings. The van der Waals surface area contributed by atoms with Crippen molar-refractivity contribution in [2.75, 3.05) is 31.1 Å². The topological polar surface area (TPSA) is 23.6 Å². The molecule has 1 aliphatic heterocycles. The van der Waals surface area contributed by atoms with Crippen LogP contribution >= 0.6 is 15.9 Å². The molecule has 0 atom stereocenters. The molecule has 0 bridgehead atoms. The smallest absolute Gasteiger partial charge is 0.255 e. The molecule has 0 aromatic heterocycles. The first kappa shape index (κ1) is 16.9. The highest BCUT2D eigenvalue weighted by Crippen LogP contribution is 2.22. The zero-order valence-corrected chi connectivity index (χ0v) is 14.6. The molecule has 24 heavy (non-hydrogen) atoms. The molecule has 126 valence electrons. The van der Waals surface area contributed by atoms with Crippen molar-refractivity contribution >= 4 is 27.5 Å². The monoisotopic (exact) mass is 394 g/mol. The molecule has 1 heterocycles. The van der Waals surface area contributed by atoms with Gasteiger partial charge in [0.1, 0.15) is 11.6 Å². The van der Waals surface area contributed by atoms with Crippen molar-refractivity contribution in [3.05, 3.63) is 64.1 Å². The van der Waals surface area contributed by atoms with Gasteiger partial charge in [-0.1, -0.05) is 0 Å². The summed E-state index contributed by atoms with van der Waals surface area (Å²) in [6, 6.07) is 10.5. The number of hydrogen-bond donors (Lipinski definition) is 0. The van der Waals surface area contributed by atoms with E-state index in [1.54, 1.807) is 23.1 Å². The van der Waals surface area contributed by atoms with E-state index >= 15 is 0 Å². The van der Waals surface area contributed by atoms with Crippen molar-refractivity contribution in [1.29, 1.82) is 0 Å². The third-order valence-corrected chi connectivity index (χ3v) is 4.83. The summed E-state index contributed by atoms with van der Waals surface area (Å²) in [4.78, 5) is 16.5. The summed E-state index contributed by atoms with van der Waals surface area (Å²) >= 11 is 3.31. The lowest BCUT2D eigenvalue weighted by atomic mass is 10.2. The van der Waals surface area contributed by atoms with Crippen LogP contribution in [0.1, 0.15) is 16.8 Å². The SMILES string of the molecule is O=C(c1cc(F)ccc1Br)N1CCCN(c2ccc(F)cc2)CC1. The van der Waals surface area contributed by atoms with Crippen LogP contribution in [0.2, 0.25) is 0 Å². The number of carbonyl (C=O) groups excluding carboxylic acids is 1. The van der Waals surface area contributed by atoms with Crippen LogP contribution in [-0.2, 0) is 0 Å². The van der Waals surface area contributed by atoms with Gasteiger partial charge in [0.2, 0.25) is 0 Å². The summed E-state index contributed by atoms with van der Waals surface area (Å²) in [5.41, 5.74) is 1.28. The molecule has 0 spiro atoms. The van der Waals surface area contributed by atoms with E-state index < -0.39 is 5.82 Å². The molecule has 3 nitrogen and oxygen atoms in total. The van der Waals surface area contributed by atoms with Gasteiger partial charge in [0.25, 0.3) is 5.91 Å². The van der Waals surface area contributed by atoms with Crippen LogP contribution in [0.15, 0.2) is 46.9 Å². The fourth-order valence-electron chi connectivity index (χ4n) is 2.86. The molecule has 3 rings (SSSR count). The Morgan fingerprint density at radius 3 is 2.38 bits per heavy atom. The molecule has 2 aromatic carbocycles. The van der Waals surface area contributed by atoms with Crippen molar-refractivity contribution in [2.45, 2.75) is 6.42 Å². The van der Waals surface area contributed by atoms with Crippen molar-refractivity contribution < 1.29 is 13.6 Å². The maximum Gasteiger partial charge on any atom is 0.255 e. The highest BCUT2D eigenvalue weighted by atomic mass is 79.9. The molecule has 0 radical (unpaired) electrons. The van der Waals surface area contributed by atoms with Crippen LogP contribution in [-0.4, -0.2) is 37.0 Å². The highest BCUT2D eigenvalue weighted by molar-refractivity contribution is 9.10. The summed E-state index contributed by atoms with van der Waals surface area (Å²) in [5, 5.41) is 0. The number of hydrogen-bond acceptors (Lipinski definition) is 2. The van der Waals surface area contributed by atoms with Crippen LogP contribution in [0.5, 0.6) is 0 Å². The van der Waals surface area contributed by atoms with E-state index in [1.807, 2.05) is 0 Å². The minimum Gasteiger partial charge on any atom is -0.370 e. The van der Waals surface area contributed by atoms with Crippen molar-refractivity contribution in [3.8, 4) is 0 Å². The van der Waals surface area contributed by atoms with E-state index in [1.165, 1.54) is 24.3 Å². The predicted molar refractivity (Wildman–Crippen MR) is 93.2 cm³/mol. The van der Waals surface area contributed by atoms with Gasteiger partial charge in [-0.25, -0.2) is 8.78 Å². The van der Waals surface area contributed by atoms with Crippen LogP contribution in [0.4, 0.5) is 14.5 Å². The fraction of sp³-hybridized carbons (Fsp3) is 0.278. The maximum absolute atomic E-state index is 13.4. The Morgan fingerprint density at radius 1 is 0.917 bits per heavy atom. The lowest BCUT2D eigenvalue weighted by molar-refractivity contribution is 0.0765.